The van der Waals surface area contributed by atoms with Crippen molar-refractivity contribution in [1.29, 1.82) is 0 Å². The van der Waals surface area contributed by atoms with Gasteiger partial charge in [0.25, 0.3) is 0 Å². The largest absolute Gasteiger partial charge is 0.469 e. The van der Waals surface area contributed by atoms with Gasteiger partial charge in [-0.1, -0.05) is 44.2 Å². The smallest absolute Gasteiger partial charge is 0.307 e. The van der Waals surface area contributed by atoms with Crippen molar-refractivity contribution >= 4 is 23.2 Å². The van der Waals surface area contributed by atoms with Gasteiger partial charge >= 0.3 is 5.97 Å². The molecule has 134 valence electrons. The van der Waals surface area contributed by atoms with Crippen LogP contribution in [0, 0.1) is 5.92 Å². The van der Waals surface area contributed by atoms with Crippen LogP contribution >= 0.6 is 11.3 Å². The van der Waals surface area contributed by atoms with E-state index < -0.39 is 0 Å². The van der Waals surface area contributed by atoms with Crippen LogP contribution < -0.4 is 5.32 Å². The summed E-state index contributed by atoms with van der Waals surface area (Å²) in [5.41, 5.74) is 2.24. The predicted molar refractivity (Wildman–Crippen MR) is 101 cm³/mol. The van der Waals surface area contributed by atoms with E-state index in [0.717, 1.165) is 16.9 Å². The van der Waals surface area contributed by atoms with E-state index in [0.29, 0.717) is 12.3 Å². The molecule has 4 nitrogen and oxygen atoms in total. The van der Waals surface area contributed by atoms with Crippen LogP contribution in [0.1, 0.15) is 42.3 Å². The van der Waals surface area contributed by atoms with Crippen molar-refractivity contribution in [2.75, 3.05) is 7.11 Å². The molecule has 1 unspecified atom stereocenters. The highest BCUT2D eigenvalue weighted by atomic mass is 32.1. The van der Waals surface area contributed by atoms with Crippen molar-refractivity contribution in [1.82, 2.24) is 5.32 Å². The summed E-state index contributed by atoms with van der Waals surface area (Å²) in [5, 5.41) is 4.88. The van der Waals surface area contributed by atoms with Gasteiger partial charge in [-0.05, 0) is 34.9 Å². The molecule has 0 fully saturated rings. The van der Waals surface area contributed by atoms with E-state index in [1.54, 1.807) is 0 Å². The third-order valence-corrected chi connectivity index (χ3v) is 4.84. The van der Waals surface area contributed by atoms with E-state index >= 15 is 0 Å². The number of benzene rings is 1. The Bertz CT molecular complexity index is 677. The Hall–Kier alpha value is -2.14. The monoisotopic (exact) mass is 359 g/mol. The Balaban J connectivity index is 1.97. The van der Waals surface area contributed by atoms with E-state index in [1.165, 1.54) is 24.0 Å². The van der Waals surface area contributed by atoms with E-state index in [2.05, 4.69) is 31.3 Å². The van der Waals surface area contributed by atoms with Gasteiger partial charge in [-0.2, -0.15) is 0 Å². The summed E-state index contributed by atoms with van der Waals surface area (Å²) < 4.78 is 4.74. The number of carbonyl (C=O) groups excluding carboxylic acids is 2. The van der Waals surface area contributed by atoms with Gasteiger partial charge in [-0.15, -0.1) is 11.3 Å². The molecule has 1 aromatic heterocycles. The molecule has 0 spiro atoms. The molecule has 1 heterocycles. The molecule has 2 aromatic rings. The first kappa shape index (κ1) is 19.2. The molecule has 0 aliphatic carbocycles. The number of hydrogen-bond donors (Lipinski definition) is 1. The van der Waals surface area contributed by atoms with Crippen LogP contribution in [0.15, 0.2) is 41.8 Å². The number of nitrogens with one attached hydrogen (secondary N) is 1. The minimum atomic E-state index is -0.347. The molecule has 0 saturated carbocycles. The van der Waals surface area contributed by atoms with E-state index in [4.69, 9.17) is 4.74 Å². The lowest BCUT2D eigenvalue weighted by atomic mass is 10.0. The Morgan fingerprint density at radius 2 is 1.80 bits per heavy atom. The fourth-order valence-corrected chi connectivity index (χ4v) is 3.44. The predicted octanol–water partition coefficient (Wildman–Crippen LogP) is 3.91. The molecule has 1 atom stereocenters. The maximum atomic E-state index is 12.4. The summed E-state index contributed by atoms with van der Waals surface area (Å²) in [6.45, 7) is 4.38. The van der Waals surface area contributed by atoms with Crippen LogP contribution in [0.4, 0.5) is 0 Å². The van der Waals surface area contributed by atoms with Crippen molar-refractivity contribution in [2.45, 2.75) is 39.2 Å². The first-order chi connectivity index (χ1) is 12.0. The summed E-state index contributed by atoms with van der Waals surface area (Å²) in [4.78, 5) is 25.0. The van der Waals surface area contributed by atoms with Gasteiger partial charge in [-0.3, -0.25) is 9.59 Å². The van der Waals surface area contributed by atoms with Gasteiger partial charge in [0.15, 0.2) is 0 Å². The second kappa shape index (κ2) is 9.37. The molecular weight excluding hydrogens is 334 g/mol. The third-order valence-electron chi connectivity index (χ3n) is 3.85. The van der Waals surface area contributed by atoms with Crippen LogP contribution in [-0.4, -0.2) is 19.0 Å². The first-order valence-corrected chi connectivity index (χ1v) is 9.33. The summed E-state index contributed by atoms with van der Waals surface area (Å²) in [7, 11) is 1.36. The number of thiophene rings is 1. The summed E-state index contributed by atoms with van der Waals surface area (Å²) in [6, 6.07) is 11.6. The summed E-state index contributed by atoms with van der Waals surface area (Å²) in [5.74, 6) is 0.176. The zero-order valence-electron chi connectivity index (χ0n) is 15.0. The first-order valence-electron chi connectivity index (χ1n) is 8.45. The molecule has 5 heteroatoms. The Morgan fingerprint density at radius 1 is 1.12 bits per heavy atom. The minimum Gasteiger partial charge on any atom is -0.469 e. The van der Waals surface area contributed by atoms with Crippen molar-refractivity contribution in [3.63, 3.8) is 0 Å². The van der Waals surface area contributed by atoms with Crippen LogP contribution in [0.5, 0.6) is 0 Å². The van der Waals surface area contributed by atoms with Gasteiger partial charge in [0.2, 0.25) is 5.91 Å². The van der Waals surface area contributed by atoms with Crippen molar-refractivity contribution in [2.24, 2.45) is 5.92 Å². The number of rotatable bonds is 8. The Morgan fingerprint density at radius 3 is 2.36 bits per heavy atom. The number of hydrogen-bond acceptors (Lipinski definition) is 4. The number of ether oxygens (including phenoxy) is 1. The summed E-state index contributed by atoms with van der Waals surface area (Å²) >= 11 is 1.52. The average molecular weight is 359 g/mol. The molecule has 0 aliphatic heterocycles. The van der Waals surface area contributed by atoms with Gasteiger partial charge in [0.05, 0.1) is 26.0 Å². The van der Waals surface area contributed by atoms with Crippen molar-refractivity contribution in [3.8, 4) is 0 Å². The van der Waals surface area contributed by atoms with Gasteiger partial charge in [0.1, 0.15) is 0 Å². The van der Waals surface area contributed by atoms with E-state index in [-0.39, 0.29) is 24.3 Å². The van der Waals surface area contributed by atoms with Crippen LogP contribution in [0.2, 0.25) is 0 Å². The highest BCUT2D eigenvalue weighted by molar-refractivity contribution is 7.10. The summed E-state index contributed by atoms with van der Waals surface area (Å²) in [6.07, 6.45) is 1.47. The highest BCUT2D eigenvalue weighted by Crippen LogP contribution is 2.22. The topological polar surface area (TPSA) is 55.4 Å². The van der Waals surface area contributed by atoms with Gasteiger partial charge in [-0.25, -0.2) is 0 Å². The molecule has 1 N–H and O–H groups in total. The maximum Gasteiger partial charge on any atom is 0.307 e. The quantitative estimate of drug-likeness (QED) is 0.727. The van der Waals surface area contributed by atoms with Gasteiger partial charge < -0.3 is 10.1 Å². The lowest BCUT2D eigenvalue weighted by molar-refractivity contribution is -0.141. The van der Waals surface area contributed by atoms with Crippen LogP contribution in [0.25, 0.3) is 0 Å². The fourth-order valence-electron chi connectivity index (χ4n) is 2.66. The van der Waals surface area contributed by atoms with Crippen LogP contribution in [0.3, 0.4) is 0 Å². The molecule has 1 aromatic carbocycles. The molecule has 1 amide bonds. The van der Waals surface area contributed by atoms with E-state index in [9.17, 15) is 9.59 Å². The molecule has 0 saturated heterocycles. The second-order valence-electron chi connectivity index (χ2n) is 6.51. The van der Waals surface area contributed by atoms with Crippen LogP contribution in [-0.2, 0) is 27.2 Å². The lowest BCUT2D eigenvalue weighted by Gasteiger charge is -2.16. The normalized spacial score (nSPS) is 12.0. The van der Waals surface area contributed by atoms with Crippen molar-refractivity contribution < 1.29 is 14.3 Å². The number of methoxy groups -OCH3 is 1. The second-order valence-corrected chi connectivity index (χ2v) is 7.49. The third kappa shape index (κ3) is 6.35. The number of amides is 1. The Kier molecular flexibility index (Phi) is 7.19. The SMILES string of the molecule is COC(=O)CC(NC(=O)Cc1ccc(CC(C)C)cc1)c1cccs1. The highest BCUT2D eigenvalue weighted by Gasteiger charge is 2.19. The lowest BCUT2D eigenvalue weighted by Crippen LogP contribution is -2.31. The Labute approximate surface area is 153 Å². The zero-order valence-corrected chi connectivity index (χ0v) is 15.8. The minimum absolute atomic E-state index is 0.0982. The van der Waals surface area contributed by atoms with E-state index in [1.807, 2.05) is 29.6 Å². The molecule has 0 radical (unpaired) electrons. The number of esters is 1. The standard InChI is InChI=1S/C20H25NO3S/c1-14(2)11-15-6-8-16(9-7-15)12-19(22)21-17(13-20(23)24-3)18-5-4-10-25-18/h4-10,14,17H,11-13H2,1-3H3,(H,21,22). The maximum absolute atomic E-state index is 12.4. The molecule has 0 bridgehead atoms. The fraction of sp³-hybridized carbons (Fsp3) is 0.400. The molecule has 0 aliphatic rings. The van der Waals surface area contributed by atoms with Crippen molar-refractivity contribution in [3.05, 3.63) is 57.8 Å². The number of carbonyl (C=O) groups is 2. The average Bonchev–Trinajstić information content (AvgIpc) is 3.10. The molecule has 2 rings (SSSR count). The van der Waals surface area contributed by atoms with Gasteiger partial charge in [0, 0.05) is 4.88 Å². The zero-order chi connectivity index (χ0) is 18.2. The molecular formula is C20H25NO3S. The molecule has 25 heavy (non-hydrogen) atoms.